The molecular weight excluding hydrogens is 332 g/mol. The van der Waals surface area contributed by atoms with Crippen molar-refractivity contribution in [2.45, 2.75) is 13.1 Å². The summed E-state index contributed by atoms with van der Waals surface area (Å²) in [7, 11) is 3.35. The van der Waals surface area contributed by atoms with Gasteiger partial charge in [-0.2, -0.15) is 0 Å². The fraction of sp³-hybridized carbons (Fsp3) is 0.200. The lowest BCUT2D eigenvalue weighted by atomic mass is 10.3. The van der Waals surface area contributed by atoms with Crippen LogP contribution in [-0.2, 0) is 13.1 Å². The van der Waals surface area contributed by atoms with Gasteiger partial charge in [-0.1, -0.05) is 0 Å². The van der Waals surface area contributed by atoms with Crippen LogP contribution in [0, 0.1) is 0 Å². The third-order valence-electron chi connectivity index (χ3n) is 3.83. The van der Waals surface area contributed by atoms with Gasteiger partial charge in [-0.25, -0.2) is 0 Å². The zero-order valence-corrected chi connectivity index (χ0v) is 15.2. The summed E-state index contributed by atoms with van der Waals surface area (Å²) in [5.41, 5.74) is 2.18. The second-order valence-electron chi connectivity index (χ2n) is 5.53. The fourth-order valence-electron chi connectivity index (χ4n) is 2.41. The monoisotopic (exact) mass is 354 g/mol. The minimum atomic E-state index is 0.819. The summed E-state index contributed by atoms with van der Waals surface area (Å²) in [5.74, 6) is 1.74. The average Bonchev–Trinajstić information content (AvgIpc) is 3.13. The first-order valence-corrected chi connectivity index (χ1v) is 8.92. The fourth-order valence-corrected chi connectivity index (χ4v) is 3.31. The molecule has 130 valence electrons. The van der Waals surface area contributed by atoms with Gasteiger partial charge < -0.3 is 20.1 Å². The van der Waals surface area contributed by atoms with E-state index in [-0.39, 0.29) is 0 Å². The van der Waals surface area contributed by atoms with Gasteiger partial charge >= 0.3 is 0 Å². The van der Waals surface area contributed by atoms with Gasteiger partial charge in [0.25, 0.3) is 0 Å². The summed E-state index contributed by atoms with van der Waals surface area (Å²) >= 11 is 1.81. The maximum Gasteiger partial charge on any atom is 0.119 e. The molecule has 0 fully saturated rings. The smallest absolute Gasteiger partial charge is 0.119 e. The van der Waals surface area contributed by atoms with Gasteiger partial charge in [-0.05, 0) is 60.7 Å². The minimum Gasteiger partial charge on any atom is -0.497 e. The van der Waals surface area contributed by atoms with Crippen molar-refractivity contribution < 1.29 is 9.47 Å². The molecule has 3 rings (SSSR count). The number of ether oxygens (including phenoxy) is 2. The zero-order valence-electron chi connectivity index (χ0n) is 14.4. The minimum absolute atomic E-state index is 0.819. The Labute approximate surface area is 152 Å². The quantitative estimate of drug-likeness (QED) is 0.598. The molecule has 1 heterocycles. The van der Waals surface area contributed by atoms with Crippen molar-refractivity contribution in [3.63, 3.8) is 0 Å². The molecule has 2 aromatic carbocycles. The normalized spacial score (nSPS) is 10.3. The van der Waals surface area contributed by atoms with Crippen LogP contribution in [0.5, 0.6) is 11.5 Å². The third kappa shape index (κ3) is 4.90. The summed E-state index contributed by atoms with van der Waals surface area (Å²) < 4.78 is 10.3. The highest BCUT2D eigenvalue weighted by molar-refractivity contribution is 7.12. The van der Waals surface area contributed by atoms with Gasteiger partial charge in [-0.3, -0.25) is 0 Å². The molecule has 0 amide bonds. The van der Waals surface area contributed by atoms with E-state index in [2.05, 4.69) is 22.8 Å². The lowest BCUT2D eigenvalue weighted by molar-refractivity contribution is 0.415. The molecule has 4 nitrogen and oxygen atoms in total. The largest absolute Gasteiger partial charge is 0.497 e. The lowest BCUT2D eigenvalue weighted by Gasteiger charge is -2.06. The zero-order chi connectivity index (χ0) is 17.5. The molecule has 0 unspecified atom stereocenters. The highest BCUT2D eigenvalue weighted by atomic mass is 32.1. The number of methoxy groups -OCH3 is 2. The van der Waals surface area contributed by atoms with Gasteiger partial charge in [0.15, 0.2) is 0 Å². The SMILES string of the molecule is COc1ccc(NCc2ccc(CNc3ccc(OC)cc3)s2)cc1. The van der Waals surface area contributed by atoms with Crippen molar-refractivity contribution in [2.24, 2.45) is 0 Å². The van der Waals surface area contributed by atoms with E-state index in [9.17, 15) is 0 Å². The van der Waals surface area contributed by atoms with E-state index in [4.69, 9.17) is 9.47 Å². The molecule has 0 spiro atoms. The van der Waals surface area contributed by atoms with Gasteiger partial charge in [0, 0.05) is 34.2 Å². The molecule has 0 saturated carbocycles. The molecule has 3 aromatic rings. The highest BCUT2D eigenvalue weighted by Gasteiger charge is 2.02. The predicted molar refractivity (Wildman–Crippen MR) is 105 cm³/mol. The van der Waals surface area contributed by atoms with Gasteiger partial charge in [0.05, 0.1) is 14.2 Å². The maximum atomic E-state index is 5.17. The Hall–Kier alpha value is -2.66. The van der Waals surface area contributed by atoms with Crippen LogP contribution in [0.3, 0.4) is 0 Å². The lowest BCUT2D eigenvalue weighted by Crippen LogP contribution is -1.98. The Balaban J connectivity index is 1.49. The van der Waals surface area contributed by atoms with Gasteiger partial charge in [-0.15, -0.1) is 11.3 Å². The number of rotatable bonds is 8. The molecule has 0 atom stereocenters. The first-order valence-electron chi connectivity index (χ1n) is 8.10. The van der Waals surface area contributed by atoms with Crippen molar-refractivity contribution in [1.82, 2.24) is 0 Å². The van der Waals surface area contributed by atoms with Gasteiger partial charge in [0.2, 0.25) is 0 Å². The van der Waals surface area contributed by atoms with Crippen LogP contribution < -0.4 is 20.1 Å². The molecule has 0 radical (unpaired) electrons. The summed E-state index contributed by atoms with van der Waals surface area (Å²) in [6.45, 7) is 1.64. The van der Waals surface area contributed by atoms with Crippen molar-refractivity contribution in [1.29, 1.82) is 0 Å². The molecule has 0 saturated heterocycles. The van der Waals surface area contributed by atoms with Crippen LogP contribution in [0.25, 0.3) is 0 Å². The van der Waals surface area contributed by atoms with Crippen LogP contribution in [0.4, 0.5) is 11.4 Å². The molecule has 0 aliphatic rings. The van der Waals surface area contributed by atoms with E-state index in [1.807, 2.05) is 59.9 Å². The van der Waals surface area contributed by atoms with Crippen LogP contribution in [0.2, 0.25) is 0 Å². The molecule has 1 aromatic heterocycles. The van der Waals surface area contributed by atoms with E-state index >= 15 is 0 Å². The second-order valence-corrected chi connectivity index (χ2v) is 6.79. The standard InChI is InChI=1S/C20H22N2O2S/c1-23-17-7-3-15(4-8-17)21-13-19-11-12-20(25-19)14-22-16-5-9-18(24-2)10-6-16/h3-12,21-22H,13-14H2,1-2H3. The molecule has 0 aliphatic heterocycles. The first-order chi connectivity index (χ1) is 12.3. The van der Waals surface area contributed by atoms with Crippen LogP contribution >= 0.6 is 11.3 Å². The van der Waals surface area contributed by atoms with E-state index in [0.29, 0.717) is 0 Å². The Morgan fingerprint density at radius 2 is 1.04 bits per heavy atom. The van der Waals surface area contributed by atoms with E-state index in [1.54, 1.807) is 14.2 Å². The van der Waals surface area contributed by atoms with Crippen molar-refractivity contribution in [3.05, 3.63) is 70.4 Å². The van der Waals surface area contributed by atoms with Gasteiger partial charge in [0.1, 0.15) is 11.5 Å². The first kappa shape index (κ1) is 17.2. The van der Waals surface area contributed by atoms with Crippen LogP contribution in [0.15, 0.2) is 60.7 Å². The summed E-state index contributed by atoms with van der Waals surface area (Å²) in [6, 6.07) is 20.3. The summed E-state index contributed by atoms with van der Waals surface area (Å²) in [6.07, 6.45) is 0. The Bertz CT molecular complexity index is 716. The Morgan fingerprint density at radius 3 is 1.40 bits per heavy atom. The van der Waals surface area contributed by atoms with Crippen molar-refractivity contribution in [2.75, 3.05) is 24.9 Å². The Morgan fingerprint density at radius 1 is 0.640 bits per heavy atom. The molecule has 5 heteroatoms. The number of thiophene rings is 1. The van der Waals surface area contributed by atoms with E-state index in [0.717, 1.165) is 36.0 Å². The predicted octanol–water partition coefficient (Wildman–Crippen LogP) is 4.99. The number of benzene rings is 2. The van der Waals surface area contributed by atoms with Crippen LogP contribution in [-0.4, -0.2) is 14.2 Å². The highest BCUT2D eigenvalue weighted by Crippen LogP contribution is 2.21. The van der Waals surface area contributed by atoms with E-state index in [1.165, 1.54) is 9.75 Å². The number of nitrogens with one attached hydrogen (secondary N) is 2. The molecule has 25 heavy (non-hydrogen) atoms. The van der Waals surface area contributed by atoms with E-state index < -0.39 is 0 Å². The van der Waals surface area contributed by atoms with Crippen molar-refractivity contribution >= 4 is 22.7 Å². The molecule has 0 aliphatic carbocycles. The molecule has 2 N–H and O–H groups in total. The number of hydrogen-bond donors (Lipinski definition) is 2. The summed E-state index contributed by atoms with van der Waals surface area (Å²) in [5, 5.41) is 6.87. The molecular formula is C20H22N2O2S. The van der Waals surface area contributed by atoms with Crippen molar-refractivity contribution in [3.8, 4) is 11.5 Å². The Kier molecular flexibility index (Phi) is 5.80. The molecule has 0 bridgehead atoms. The average molecular weight is 354 g/mol. The maximum absolute atomic E-state index is 5.17. The summed E-state index contributed by atoms with van der Waals surface area (Å²) in [4.78, 5) is 2.62. The number of hydrogen-bond acceptors (Lipinski definition) is 5. The third-order valence-corrected chi connectivity index (χ3v) is 4.92. The van der Waals surface area contributed by atoms with Crippen LogP contribution in [0.1, 0.15) is 9.75 Å². The second kappa shape index (κ2) is 8.44. The topological polar surface area (TPSA) is 42.5 Å². The number of anilines is 2.